The van der Waals surface area contributed by atoms with Crippen LogP contribution >= 0.6 is 11.3 Å². The van der Waals surface area contributed by atoms with Crippen LogP contribution < -0.4 is 4.90 Å². The van der Waals surface area contributed by atoms with Crippen LogP contribution in [0.3, 0.4) is 0 Å². The Labute approximate surface area is 114 Å². The highest BCUT2D eigenvalue weighted by molar-refractivity contribution is 7.15. The van der Waals surface area contributed by atoms with E-state index < -0.39 is 0 Å². The fraction of sp³-hybridized carbons (Fsp3) is 0.786. The maximum absolute atomic E-state index is 9.50. The first-order chi connectivity index (χ1) is 8.52. The van der Waals surface area contributed by atoms with E-state index in [1.807, 2.05) is 0 Å². The molecule has 3 nitrogen and oxygen atoms in total. The van der Waals surface area contributed by atoms with Gasteiger partial charge in [0.05, 0.1) is 17.2 Å². The summed E-state index contributed by atoms with van der Waals surface area (Å²) in [6, 6.07) is 0. The van der Waals surface area contributed by atoms with E-state index in [9.17, 15) is 5.11 Å². The molecule has 0 bridgehead atoms. The number of thiazole rings is 1. The van der Waals surface area contributed by atoms with Crippen molar-refractivity contribution in [3.8, 4) is 0 Å². The van der Waals surface area contributed by atoms with Crippen LogP contribution in [0, 0.1) is 0 Å². The molecular formula is C14H24N2OS. The molecule has 2 heterocycles. The van der Waals surface area contributed by atoms with E-state index >= 15 is 0 Å². The van der Waals surface area contributed by atoms with E-state index in [-0.39, 0.29) is 12.0 Å². The first-order valence-electron chi connectivity index (χ1n) is 6.88. The van der Waals surface area contributed by atoms with Crippen LogP contribution in [-0.4, -0.2) is 23.2 Å². The molecule has 0 aliphatic carbocycles. The minimum absolute atomic E-state index is 0.0126. The summed E-state index contributed by atoms with van der Waals surface area (Å²) < 4.78 is 0. The number of hydrogen-bond acceptors (Lipinski definition) is 4. The third-order valence-corrected chi connectivity index (χ3v) is 4.52. The zero-order valence-electron chi connectivity index (χ0n) is 11.7. The minimum atomic E-state index is 0.0126. The van der Waals surface area contributed by atoms with E-state index in [2.05, 4.69) is 25.7 Å². The number of aliphatic hydroxyl groups is 1. The first-order valence-corrected chi connectivity index (χ1v) is 7.70. The van der Waals surface area contributed by atoms with Gasteiger partial charge in [0.25, 0.3) is 0 Å². The standard InChI is InChI=1S/C14H24N2OS/c1-14(2,3)12-11(10-17)18-13(15-12)16-8-6-4-5-7-9-16/h17H,4-10H2,1-3H3. The predicted molar refractivity (Wildman–Crippen MR) is 77.4 cm³/mol. The van der Waals surface area contributed by atoms with Gasteiger partial charge in [0.1, 0.15) is 0 Å². The van der Waals surface area contributed by atoms with E-state index in [4.69, 9.17) is 4.98 Å². The molecule has 0 spiro atoms. The van der Waals surface area contributed by atoms with Crippen LogP contribution in [0.4, 0.5) is 5.13 Å². The average molecular weight is 268 g/mol. The fourth-order valence-electron chi connectivity index (χ4n) is 2.43. The maximum Gasteiger partial charge on any atom is 0.185 e. The highest BCUT2D eigenvalue weighted by atomic mass is 32.1. The van der Waals surface area contributed by atoms with Gasteiger partial charge >= 0.3 is 0 Å². The van der Waals surface area contributed by atoms with Crippen molar-refractivity contribution in [1.29, 1.82) is 0 Å². The lowest BCUT2D eigenvalue weighted by molar-refractivity contribution is 0.282. The van der Waals surface area contributed by atoms with Gasteiger partial charge in [0, 0.05) is 18.5 Å². The molecule has 0 atom stereocenters. The molecule has 1 saturated heterocycles. The highest BCUT2D eigenvalue weighted by Crippen LogP contribution is 2.34. The third kappa shape index (κ3) is 3.04. The van der Waals surface area contributed by atoms with Crippen LogP contribution in [0.1, 0.15) is 57.0 Å². The molecule has 1 aliphatic heterocycles. The van der Waals surface area contributed by atoms with E-state index in [0.29, 0.717) is 0 Å². The summed E-state index contributed by atoms with van der Waals surface area (Å²) >= 11 is 1.67. The van der Waals surface area contributed by atoms with Gasteiger partial charge in [-0.15, -0.1) is 0 Å². The minimum Gasteiger partial charge on any atom is -0.391 e. The quantitative estimate of drug-likeness (QED) is 0.894. The zero-order valence-corrected chi connectivity index (χ0v) is 12.5. The first kappa shape index (κ1) is 13.8. The summed E-state index contributed by atoms with van der Waals surface area (Å²) in [5.74, 6) is 0. The Morgan fingerprint density at radius 3 is 2.22 bits per heavy atom. The molecule has 102 valence electrons. The predicted octanol–water partition coefficient (Wildman–Crippen LogP) is 3.31. The Balaban J connectivity index is 2.25. The van der Waals surface area contributed by atoms with E-state index in [1.54, 1.807) is 11.3 Å². The Morgan fingerprint density at radius 1 is 1.17 bits per heavy atom. The molecule has 1 N–H and O–H groups in total. The lowest BCUT2D eigenvalue weighted by Crippen LogP contribution is -2.24. The zero-order chi connectivity index (χ0) is 13.2. The van der Waals surface area contributed by atoms with Crippen molar-refractivity contribution >= 4 is 16.5 Å². The van der Waals surface area contributed by atoms with Crippen LogP contribution in [0.15, 0.2) is 0 Å². The fourth-order valence-corrected chi connectivity index (χ4v) is 3.61. The Morgan fingerprint density at radius 2 is 1.78 bits per heavy atom. The largest absolute Gasteiger partial charge is 0.391 e. The van der Waals surface area contributed by atoms with Crippen molar-refractivity contribution in [2.24, 2.45) is 0 Å². The van der Waals surface area contributed by atoms with Crippen molar-refractivity contribution in [2.75, 3.05) is 18.0 Å². The summed E-state index contributed by atoms with van der Waals surface area (Å²) in [6.07, 6.45) is 5.19. The topological polar surface area (TPSA) is 36.4 Å². The second kappa shape index (κ2) is 5.57. The van der Waals surface area contributed by atoms with Crippen molar-refractivity contribution in [1.82, 2.24) is 4.98 Å². The number of rotatable bonds is 2. The smallest absolute Gasteiger partial charge is 0.185 e. The van der Waals surface area contributed by atoms with Gasteiger partial charge in [-0.05, 0) is 12.8 Å². The number of aliphatic hydroxyl groups excluding tert-OH is 1. The second-order valence-corrected chi connectivity index (χ2v) is 7.14. The molecule has 1 aromatic heterocycles. The third-order valence-electron chi connectivity index (χ3n) is 3.42. The molecular weight excluding hydrogens is 244 g/mol. The molecule has 18 heavy (non-hydrogen) atoms. The Hall–Kier alpha value is -0.610. The molecule has 0 unspecified atom stereocenters. The summed E-state index contributed by atoms with van der Waals surface area (Å²) in [5.41, 5.74) is 1.08. The van der Waals surface area contributed by atoms with Gasteiger partial charge in [-0.1, -0.05) is 44.9 Å². The molecule has 2 rings (SSSR count). The Bertz CT molecular complexity index is 387. The molecule has 0 amide bonds. The molecule has 1 aliphatic rings. The molecule has 1 aromatic rings. The van der Waals surface area contributed by atoms with Gasteiger partial charge in [-0.25, -0.2) is 4.98 Å². The van der Waals surface area contributed by atoms with Gasteiger partial charge in [0.15, 0.2) is 5.13 Å². The number of hydrogen-bond donors (Lipinski definition) is 1. The van der Waals surface area contributed by atoms with Gasteiger partial charge in [-0.3, -0.25) is 0 Å². The van der Waals surface area contributed by atoms with Crippen LogP contribution in [0.25, 0.3) is 0 Å². The summed E-state index contributed by atoms with van der Waals surface area (Å²) in [4.78, 5) is 8.23. The SMILES string of the molecule is CC(C)(C)c1nc(N2CCCCCC2)sc1CO. The van der Waals surface area contributed by atoms with Crippen LogP contribution in [-0.2, 0) is 12.0 Å². The molecule has 0 saturated carbocycles. The maximum atomic E-state index is 9.50. The Kier molecular flexibility index (Phi) is 4.28. The lowest BCUT2D eigenvalue weighted by atomic mass is 9.91. The van der Waals surface area contributed by atoms with Gasteiger partial charge < -0.3 is 10.0 Å². The van der Waals surface area contributed by atoms with Gasteiger partial charge in [-0.2, -0.15) is 0 Å². The highest BCUT2D eigenvalue weighted by Gasteiger charge is 2.24. The summed E-state index contributed by atoms with van der Waals surface area (Å²) in [6.45, 7) is 8.82. The number of aromatic nitrogens is 1. The van der Waals surface area contributed by atoms with Crippen molar-refractivity contribution < 1.29 is 5.11 Å². The monoisotopic (exact) mass is 268 g/mol. The molecule has 4 heteroatoms. The molecule has 0 aromatic carbocycles. The van der Waals surface area contributed by atoms with E-state index in [0.717, 1.165) is 28.8 Å². The molecule has 0 radical (unpaired) electrons. The van der Waals surface area contributed by atoms with Crippen LogP contribution in [0.5, 0.6) is 0 Å². The van der Waals surface area contributed by atoms with E-state index in [1.165, 1.54) is 25.7 Å². The van der Waals surface area contributed by atoms with Crippen molar-refractivity contribution in [3.63, 3.8) is 0 Å². The second-order valence-electron chi connectivity index (χ2n) is 6.08. The molecule has 1 fully saturated rings. The van der Waals surface area contributed by atoms with Crippen molar-refractivity contribution in [2.45, 2.75) is 58.5 Å². The normalized spacial score (nSPS) is 17.9. The summed E-state index contributed by atoms with van der Waals surface area (Å²) in [5, 5.41) is 10.6. The average Bonchev–Trinajstić information content (AvgIpc) is 2.57. The lowest BCUT2D eigenvalue weighted by Gasteiger charge is -2.19. The van der Waals surface area contributed by atoms with Crippen molar-refractivity contribution in [3.05, 3.63) is 10.6 Å². The summed E-state index contributed by atoms with van der Waals surface area (Å²) in [7, 11) is 0. The van der Waals surface area contributed by atoms with Crippen LogP contribution in [0.2, 0.25) is 0 Å². The number of anilines is 1. The van der Waals surface area contributed by atoms with Gasteiger partial charge in [0.2, 0.25) is 0 Å². The number of nitrogens with zero attached hydrogens (tertiary/aromatic N) is 2.